The van der Waals surface area contributed by atoms with Gasteiger partial charge in [-0.05, 0) is 69.5 Å². The van der Waals surface area contributed by atoms with Crippen LogP contribution in [0.4, 0.5) is 0 Å². The van der Waals surface area contributed by atoms with Gasteiger partial charge in [-0.3, -0.25) is 0 Å². The Hall–Kier alpha value is -2.54. The number of nitrogens with one attached hydrogen (secondary N) is 1. The molecule has 0 aliphatic heterocycles. The number of hydrazone groups is 1. The lowest BCUT2D eigenvalue weighted by Crippen LogP contribution is -2.20. The third-order valence-corrected chi connectivity index (χ3v) is 5.34. The zero-order valence-corrected chi connectivity index (χ0v) is 17.3. The monoisotopic (exact) mass is 390 g/mol. The highest BCUT2D eigenvalue weighted by Gasteiger charge is 2.19. The molecule has 0 aliphatic carbocycles. The molecule has 7 heteroatoms. The van der Waals surface area contributed by atoms with E-state index in [9.17, 15) is 8.42 Å². The number of ether oxygens (including phenoxy) is 2. The SMILES string of the molecule is COc1cc(/C=N/NS(=O)(=O)c2c(C)cc(C)cc2C)ccc1OC(C)C. The first kappa shape index (κ1) is 20.8. The smallest absolute Gasteiger partial charge is 0.277 e. The lowest BCUT2D eigenvalue weighted by molar-refractivity contribution is 0.230. The molecular weight excluding hydrogens is 364 g/mol. The van der Waals surface area contributed by atoms with Gasteiger partial charge in [0, 0.05) is 0 Å². The topological polar surface area (TPSA) is 77.0 Å². The first-order valence-electron chi connectivity index (χ1n) is 8.61. The van der Waals surface area contributed by atoms with E-state index in [0.29, 0.717) is 28.2 Å². The number of hydrogen-bond acceptors (Lipinski definition) is 5. The minimum atomic E-state index is -3.75. The molecular formula is C20H26N2O4S. The predicted molar refractivity (Wildman–Crippen MR) is 107 cm³/mol. The predicted octanol–water partition coefficient (Wildman–Crippen LogP) is 3.72. The Balaban J connectivity index is 2.22. The van der Waals surface area contributed by atoms with Gasteiger partial charge in [-0.2, -0.15) is 13.5 Å². The van der Waals surface area contributed by atoms with Crippen LogP contribution in [-0.4, -0.2) is 27.8 Å². The van der Waals surface area contributed by atoms with Crippen molar-refractivity contribution in [3.63, 3.8) is 0 Å². The molecule has 0 saturated carbocycles. The van der Waals surface area contributed by atoms with Crippen LogP contribution in [0.25, 0.3) is 0 Å². The molecule has 2 rings (SSSR count). The van der Waals surface area contributed by atoms with Gasteiger partial charge >= 0.3 is 0 Å². The van der Waals surface area contributed by atoms with E-state index >= 15 is 0 Å². The summed E-state index contributed by atoms with van der Waals surface area (Å²) in [5, 5.41) is 3.90. The highest BCUT2D eigenvalue weighted by Crippen LogP contribution is 2.28. The number of sulfonamides is 1. The van der Waals surface area contributed by atoms with Gasteiger partial charge in [0.15, 0.2) is 11.5 Å². The van der Waals surface area contributed by atoms with Gasteiger partial charge in [-0.25, -0.2) is 4.83 Å². The molecule has 27 heavy (non-hydrogen) atoms. The first-order valence-corrected chi connectivity index (χ1v) is 10.1. The van der Waals surface area contributed by atoms with Crippen LogP contribution in [0, 0.1) is 20.8 Å². The lowest BCUT2D eigenvalue weighted by atomic mass is 10.1. The van der Waals surface area contributed by atoms with Crippen molar-refractivity contribution in [1.82, 2.24) is 4.83 Å². The molecule has 0 spiro atoms. The summed E-state index contributed by atoms with van der Waals surface area (Å²) in [7, 11) is -2.20. The molecule has 146 valence electrons. The molecule has 0 amide bonds. The summed E-state index contributed by atoms with van der Waals surface area (Å²) in [6.45, 7) is 9.34. The summed E-state index contributed by atoms with van der Waals surface area (Å²) in [6.07, 6.45) is 1.45. The average molecular weight is 391 g/mol. The normalized spacial score (nSPS) is 11.8. The maximum Gasteiger partial charge on any atom is 0.277 e. The van der Waals surface area contributed by atoms with Crippen LogP contribution < -0.4 is 14.3 Å². The van der Waals surface area contributed by atoms with Crippen LogP contribution in [0.1, 0.15) is 36.1 Å². The van der Waals surface area contributed by atoms with Gasteiger partial charge in [0.1, 0.15) is 0 Å². The first-order chi connectivity index (χ1) is 12.6. The molecule has 1 N–H and O–H groups in total. The molecule has 0 radical (unpaired) electrons. The van der Waals surface area contributed by atoms with Crippen LogP contribution in [0.5, 0.6) is 11.5 Å². The molecule has 6 nitrogen and oxygen atoms in total. The number of rotatable bonds is 7. The van der Waals surface area contributed by atoms with Gasteiger partial charge in [0.25, 0.3) is 10.0 Å². The molecule has 2 aromatic rings. The molecule has 0 fully saturated rings. The molecule has 0 saturated heterocycles. The van der Waals surface area contributed by atoms with Crippen molar-refractivity contribution in [3.8, 4) is 11.5 Å². The number of hydrogen-bond donors (Lipinski definition) is 1. The number of benzene rings is 2. The Labute approximate surface area is 161 Å². The maximum atomic E-state index is 12.6. The van der Waals surface area contributed by atoms with Crippen LogP contribution in [0.15, 0.2) is 40.3 Å². The van der Waals surface area contributed by atoms with Crippen molar-refractivity contribution in [2.45, 2.75) is 45.6 Å². The number of methoxy groups -OCH3 is 1. The van der Waals surface area contributed by atoms with Crippen LogP contribution in [0.2, 0.25) is 0 Å². The summed E-state index contributed by atoms with van der Waals surface area (Å²) in [6, 6.07) is 8.95. The summed E-state index contributed by atoms with van der Waals surface area (Å²) in [5.74, 6) is 1.18. The lowest BCUT2D eigenvalue weighted by Gasteiger charge is -2.13. The highest BCUT2D eigenvalue weighted by atomic mass is 32.2. The van der Waals surface area contributed by atoms with Crippen molar-refractivity contribution in [2.75, 3.05) is 7.11 Å². The van der Waals surface area contributed by atoms with E-state index < -0.39 is 10.0 Å². The fourth-order valence-electron chi connectivity index (χ4n) is 2.92. The summed E-state index contributed by atoms with van der Waals surface area (Å²) in [5.41, 5.74) is 3.07. The van der Waals surface area contributed by atoms with Gasteiger partial charge in [-0.15, -0.1) is 0 Å². The molecule has 0 unspecified atom stereocenters. The second kappa shape index (κ2) is 8.43. The minimum Gasteiger partial charge on any atom is -0.493 e. The largest absolute Gasteiger partial charge is 0.493 e. The molecule has 2 aromatic carbocycles. The second-order valence-electron chi connectivity index (χ2n) is 6.66. The van der Waals surface area contributed by atoms with Crippen molar-refractivity contribution in [3.05, 3.63) is 52.6 Å². The van der Waals surface area contributed by atoms with Crippen LogP contribution >= 0.6 is 0 Å². The number of aryl methyl sites for hydroxylation is 3. The number of nitrogens with zero attached hydrogens (tertiary/aromatic N) is 1. The maximum absolute atomic E-state index is 12.6. The Bertz CT molecular complexity index is 927. The average Bonchev–Trinajstić information content (AvgIpc) is 2.54. The van der Waals surface area contributed by atoms with E-state index in [0.717, 1.165) is 5.56 Å². The van der Waals surface area contributed by atoms with Crippen molar-refractivity contribution in [2.24, 2.45) is 5.10 Å². The quantitative estimate of drug-likeness (QED) is 0.577. The molecule has 0 bridgehead atoms. The van der Waals surface area contributed by atoms with E-state index in [1.165, 1.54) is 6.21 Å². The fourth-order valence-corrected chi connectivity index (χ4v) is 4.17. The van der Waals surface area contributed by atoms with Gasteiger partial charge in [0.2, 0.25) is 0 Å². The van der Waals surface area contributed by atoms with Crippen molar-refractivity contribution in [1.29, 1.82) is 0 Å². The Morgan fingerprint density at radius 1 is 1.04 bits per heavy atom. The standard InChI is InChI=1S/C20H26N2O4S/c1-13(2)26-18-8-7-17(11-19(18)25-6)12-21-22-27(23,24)20-15(4)9-14(3)10-16(20)5/h7-13,22H,1-6H3/b21-12+. The van der Waals surface area contributed by atoms with E-state index in [1.54, 1.807) is 39.2 Å². The summed E-state index contributed by atoms with van der Waals surface area (Å²) in [4.78, 5) is 2.53. The second-order valence-corrected chi connectivity index (χ2v) is 8.26. The third-order valence-electron chi connectivity index (χ3n) is 3.81. The van der Waals surface area contributed by atoms with Gasteiger partial charge in [-0.1, -0.05) is 17.7 Å². The van der Waals surface area contributed by atoms with Crippen molar-refractivity contribution >= 4 is 16.2 Å². The minimum absolute atomic E-state index is 0.0196. The van der Waals surface area contributed by atoms with E-state index in [-0.39, 0.29) is 11.0 Å². The van der Waals surface area contributed by atoms with Gasteiger partial charge < -0.3 is 9.47 Å². The zero-order chi connectivity index (χ0) is 20.2. The summed E-state index contributed by atoms with van der Waals surface area (Å²) >= 11 is 0. The van der Waals surface area contributed by atoms with Crippen molar-refractivity contribution < 1.29 is 17.9 Å². The fraction of sp³-hybridized carbons (Fsp3) is 0.350. The van der Waals surface area contributed by atoms with E-state index in [4.69, 9.17) is 9.47 Å². The van der Waals surface area contributed by atoms with Crippen LogP contribution in [0.3, 0.4) is 0 Å². The molecule has 0 aliphatic rings. The van der Waals surface area contributed by atoms with E-state index in [1.807, 2.05) is 32.9 Å². The van der Waals surface area contributed by atoms with Crippen LogP contribution in [-0.2, 0) is 10.0 Å². The van der Waals surface area contributed by atoms with E-state index in [2.05, 4.69) is 9.93 Å². The molecule has 0 heterocycles. The summed E-state index contributed by atoms with van der Waals surface area (Å²) < 4.78 is 36.2. The Morgan fingerprint density at radius 2 is 1.67 bits per heavy atom. The molecule has 0 atom stereocenters. The highest BCUT2D eigenvalue weighted by molar-refractivity contribution is 7.89. The Kier molecular flexibility index (Phi) is 6.49. The van der Waals surface area contributed by atoms with Gasteiger partial charge in [0.05, 0.1) is 24.3 Å². The Morgan fingerprint density at radius 3 is 2.22 bits per heavy atom. The molecule has 0 aromatic heterocycles. The zero-order valence-electron chi connectivity index (χ0n) is 16.5. The third kappa shape index (κ3) is 5.23.